The SMILES string of the molecule is COc1ccc(S(=O)(=O)Nc2ccc(NC(C)C)cc2)cc1C. The first-order valence-corrected chi connectivity index (χ1v) is 8.84. The van der Waals surface area contributed by atoms with Crippen LogP contribution < -0.4 is 14.8 Å². The lowest BCUT2D eigenvalue weighted by Crippen LogP contribution is -2.13. The average Bonchev–Trinajstić information content (AvgIpc) is 2.48. The molecule has 124 valence electrons. The molecule has 0 fully saturated rings. The quantitative estimate of drug-likeness (QED) is 0.846. The minimum absolute atomic E-state index is 0.209. The Morgan fingerprint density at radius 1 is 1.00 bits per heavy atom. The molecule has 0 atom stereocenters. The highest BCUT2D eigenvalue weighted by Crippen LogP contribution is 2.23. The molecule has 5 nitrogen and oxygen atoms in total. The fourth-order valence-corrected chi connectivity index (χ4v) is 3.34. The largest absolute Gasteiger partial charge is 0.496 e. The van der Waals surface area contributed by atoms with Gasteiger partial charge >= 0.3 is 0 Å². The second kappa shape index (κ2) is 6.91. The number of sulfonamides is 1. The molecule has 0 unspecified atom stereocenters. The van der Waals surface area contributed by atoms with Gasteiger partial charge in [0.05, 0.1) is 12.0 Å². The van der Waals surface area contributed by atoms with Crippen LogP contribution in [0.25, 0.3) is 0 Å². The third-order valence-electron chi connectivity index (χ3n) is 3.27. The number of methoxy groups -OCH3 is 1. The number of ether oxygens (including phenoxy) is 1. The molecule has 2 aromatic rings. The average molecular weight is 334 g/mol. The third kappa shape index (κ3) is 4.39. The molecule has 0 spiro atoms. The molecule has 0 saturated carbocycles. The first kappa shape index (κ1) is 17.1. The Balaban J connectivity index is 2.19. The zero-order valence-corrected chi connectivity index (χ0v) is 14.6. The molecule has 0 radical (unpaired) electrons. The Morgan fingerprint density at radius 2 is 1.61 bits per heavy atom. The molecule has 0 bridgehead atoms. The smallest absolute Gasteiger partial charge is 0.261 e. The molecule has 0 aliphatic heterocycles. The van der Waals surface area contributed by atoms with Crippen molar-refractivity contribution < 1.29 is 13.2 Å². The predicted octanol–water partition coefficient (Wildman–Crippen LogP) is 3.62. The predicted molar refractivity (Wildman–Crippen MR) is 93.7 cm³/mol. The van der Waals surface area contributed by atoms with Crippen LogP contribution in [0.4, 0.5) is 11.4 Å². The van der Waals surface area contributed by atoms with E-state index in [0.717, 1.165) is 11.3 Å². The molecule has 0 amide bonds. The van der Waals surface area contributed by atoms with E-state index < -0.39 is 10.0 Å². The van der Waals surface area contributed by atoms with Crippen LogP contribution in [0, 0.1) is 6.92 Å². The van der Waals surface area contributed by atoms with Gasteiger partial charge in [0.1, 0.15) is 5.75 Å². The van der Waals surface area contributed by atoms with Gasteiger partial charge in [0, 0.05) is 17.4 Å². The maximum absolute atomic E-state index is 12.4. The molecule has 0 heterocycles. The van der Waals surface area contributed by atoms with Gasteiger partial charge in [-0.15, -0.1) is 0 Å². The van der Waals surface area contributed by atoms with Crippen LogP contribution >= 0.6 is 0 Å². The lowest BCUT2D eigenvalue weighted by molar-refractivity contribution is 0.411. The number of aryl methyl sites for hydroxylation is 1. The summed E-state index contributed by atoms with van der Waals surface area (Å²) < 4.78 is 32.6. The van der Waals surface area contributed by atoms with E-state index in [1.54, 1.807) is 31.4 Å². The number of hydrogen-bond donors (Lipinski definition) is 2. The van der Waals surface area contributed by atoms with E-state index >= 15 is 0 Å². The zero-order chi connectivity index (χ0) is 17.0. The fourth-order valence-electron chi connectivity index (χ4n) is 2.20. The second-order valence-electron chi connectivity index (χ2n) is 5.61. The summed E-state index contributed by atoms with van der Waals surface area (Å²) in [6, 6.07) is 12.3. The molecular weight excluding hydrogens is 312 g/mol. The van der Waals surface area contributed by atoms with Gasteiger partial charge in [-0.2, -0.15) is 0 Å². The highest BCUT2D eigenvalue weighted by Gasteiger charge is 2.15. The molecule has 23 heavy (non-hydrogen) atoms. The normalized spacial score (nSPS) is 11.3. The van der Waals surface area contributed by atoms with Crippen molar-refractivity contribution in [1.82, 2.24) is 0 Å². The number of anilines is 2. The summed E-state index contributed by atoms with van der Waals surface area (Å²) in [5.74, 6) is 0.660. The Labute approximate surface area is 137 Å². The van der Waals surface area contributed by atoms with Crippen LogP contribution in [0.15, 0.2) is 47.4 Å². The summed E-state index contributed by atoms with van der Waals surface area (Å²) in [6.45, 7) is 5.90. The van der Waals surface area contributed by atoms with Crippen LogP contribution in [-0.2, 0) is 10.0 Å². The van der Waals surface area contributed by atoms with Gasteiger partial charge in [0.25, 0.3) is 10.0 Å². The van der Waals surface area contributed by atoms with Crippen LogP contribution in [0.5, 0.6) is 5.75 Å². The molecule has 0 aromatic heterocycles. The molecular formula is C17H22N2O3S. The lowest BCUT2D eigenvalue weighted by Gasteiger charge is -2.12. The number of rotatable bonds is 6. The molecule has 2 N–H and O–H groups in total. The highest BCUT2D eigenvalue weighted by molar-refractivity contribution is 7.92. The van der Waals surface area contributed by atoms with Gasteiger partial charge in [0.15, 0.2) is 0 Å². The standard InChI is InChI=1S/C17H22N2O3S/c1-12(2)18-14-5-7-15(8-6-14)19-23(20,21)16-9-10-17(22-4)13(3)11-16/h5-12,18-19H,1-4H3. The van der Waals surface area contributed by atoms with Crippen LogP contribution in [0.2, 0.25) is 0 Å². The minimum Gasteiger partial charge on any atom is -0.496 e. The number of hydrogen-bond acceptors (Lipinski definition) is 4. The van der Waals surface area contributed by atoms with E-state index in [0.29, 0.717) is 17.5 Å². The maximum Gasteiger partial charge on any atom is 0.261 e. The summed E-state index contributed by atoms with van der Waals surface area (Å²) in [4.78, 5) is 0.209. The molecule has 6 heteroatoms. The zero-order valence-electron chi connectivity index (χ0n) is 13.8. The van der Waals surface area contributed by atoms with Crippen molar-refractivity contribution in [3.05, 3.63) is 48.0 Å². The van der Waals surface area contributed by atoms with Crippen molar-refractivity contribution in [3.8, 4) is 5.75 Å². The van der Waals surface area contributed by atoms with Gasteiger partial charge in [-0.3, -0.25) is 4.72 Å². The third-order valence-corrected chi connectivity index (χ3v) is 4.65. The summed E-state index contributed by atoms with van der Waals surface area (Å²) in [6.07, 6.45) is 0. The Kier molecular flexibility index (Phi) is 5.15. The van der Waals surface area contributed by atoms with Crippen LogP contribution in [-0.4, -0.2) is 21.6 Å². The Hall–Kier alpha value is -2.21. The van der Waals surface area contributed by atoms with E-state index in [4.69, 9.17) is 4.74 Å². The first-order valence-electron chi connectivity index (χ1n) is 7.36. The van der Waals surface area contributed by atoms with Crippen molar-refractivity contribution in [2.24, 2.45) is 0 Å². The van der Waals surface area contributed by atoms with E-state index in [1.807, 2.05) is 32.9 Å². The minimum atomic E-state index is -3.62. The van der Waals surface area contributed by atoms with E-state index in [1.165, 1.54) is 6.07 Å². The van der Waals surface area contributed by atoms with Crippen molar-refractivity contribution in [2.75, 3.05) is 17.1 Å². The first-order chi connectivity index (χ1) is 10.8. The molecule has 0 aliphatic rings. The highest BCUT2D eigenvalue weighted by atomic mass is 32.2. The van der Waals surface area contributed by atoms with Crippen molar-refractivity contribution in [3.63, 3.8) is 0 Å². The van der Waals surface area contributed by atoms with Crippen molar-refractivity contribution >= 4 is 21.4 Å². The van der Waals surface area contributed by atoms with Gasteiger partial charge in [0.2, 0.25) is 0 Å². The topological polar surface area (TPSA) is 67.4 Å². The number of nitrogens with one attached hydrogen (secondary N) is 2. The Morgan fingerprint density at radius 3 is 2.13 bits per heavy atom. The summed E-state index contributed by atoms with van der Waals surface area (Å²) in [5, 5.41) is 3.26. The molecule has 0 saturated heterocycles. The fraction of sp³-hybridized carbons (Fsp3) is 0.294. The number of benzene rings is 2. The van der Waals surface area contributed by atoms with Crippen LogP contribution in [0.1, 0.15) is 19.4 Å². The van der Waals surface area contributed by atoms with Crippen molar-refractivity contribution in [1.29, 1.82) is 0 Å². The maximum atomic E-state index is 12.4. The van der Waals surface area contributed by atoms with Gasteiger partial charge < -0.3 is 10.1 Å². The van der Waals surface area contributed by atoms with E-state index in [9.17, 15) is 8.42 Å². The summed E-state index contributed by atoms with van der Waals surface area (Å²) in [7, 11) is -2.07. The van der Waals surface area contributed by atoms with Gasteiger partial charge in [-0.1, -0.05) is 0 Å². The van der Waals surface area contributed by atoms with Gasteiger partial charge in [-0.25, -0.2) is 8.42 Å². The second-order valence-corrected chi connectivity index (χ2v) is 7.30. The van der Waals surface area contributed by atoms with Crippen LogP contribution in [0.3, 0.4) is 0 Å². The van der Waals surface area contributed by atoms with E-state index in [-0.39, 0.29) is 4.90 Å². The lowest BCUT2D eigenvalue weighted by atomic mass is 10.2. The van der Waals surface area contributed by atoms with Gasteiger partial charge in [-0.05, 0) is 68.8 Å². The van der Waals surface area contributed by atoms with Crippen molar-refractivity contribution in [2.45, 2.75) is 31.7 Å². The van der Waals surface area contributed by atoms with E-state index in [2.05, 4.69) is 10.0 Å². The summed E-state index contributed by atoms with van der Waals surface area (Å²) >= 11 is 0. The molecule has 2 rings (SSSR count). The molecule has 2 aromatic carbocycles. The Bertz CT molecular complexity index is 769. The summed E-state index contributed by atoms with van der Waals surface area (Å²) in [5.41, 5.74) is 2.24. The molecule has 0 aliphatic carbocycles. The monoisotopic (exact) mass is 334 g/mol.